The number of hydrogen-bond donors (Lipinski definition) is 0. The van der Waals surface area contributed by atoms with Crippen molar-refractivity contribution in [3.05, 3.63) is 45.4 Å². The second-order valence-corrected chi connectivity index (χ2v) is 11.6. The van der Waals surface area contributed by atoms with Crippen LogP contribution in [0.25, 0.3) is 0 Å². The van der Waals surface area contributed by atoms with Crippen molar-refractivity contribution in [3.8, 4) is 0 Å². The highest BCUT2D eigenvalue weighted by Gasteiger charge is 2.62. The standard InChI is InChI=1S/C19H22Cl3NO3S/c1-19(2)15(9-16(21)22)17(19)18(24)23(14-6-7-27(25,26)11-14)10-12-4-3-5-13(20)8-12/h3-5,8-9,14-15,17H,6-7,10-11H2,1-2H3/t14-,15-,17+/m1/s1. The van der Waals surface area contributed by atoms with Crippen molar-refractivity contribution >= 4 is 50.5 Å². The zero-order valence-electron chi connectivity index (χ0n) is 15.2. The fraction of sp³-hybridized carbons (Fsp3) is 0.526. The van der Waals surface area contributed by atoms with Crippen LogP contribution in [-0.4, -0.2) is 36.8 Å². The van der Waals surface area contributed by atoms with Crippen molar-refractivity contribution < 1.29 is 13.2 Å². The number of hydrogen-bond acceptors (Lipinski definition) is 3. The van der Waals surface area contributed by atoms with Crippen LogP contribution >= 0.6 is 34.8 Å². The molecule has 4 nitrogen and oxygen atoms in total. The smallest absolute Gasteiger partial charge is 0.227 e. The maximum Gasteiger partial charge on any atom is 0.227 e. The van der Waals surface area contributed by atoms with Crippen LogP contribution in [0, 0.1) is 17.3 Å². The van der Waals surface area contributed by atoms with Crippen molar-refractivity contribution in [2.24, 2.45) is 17.3 Å². The normalized spacial score (nSPS) is 27.8. The van der Waals surface area contributed by atoms with Gasteiger partial charge in [-0.25, -0.2) is 8.42 Å². The molecule has 2 fully saturated rings. The zero-order chi connectivity index (χ0) is 20.0. The lowest BCUT2D eigenvalue weighted by molar-refractivity contribution is -0.136. The predicted molar refractivity (Wildman–Crippen MR) is 110 cm³/mol. The number of nitrogens with zero attached hydrogens (tertiary/aromatic N) is 1. The van der Waals surface area contributed by atoms with Gasteiger partial charge in [-0.05, 0) is 41.5 Å². The first-order valence-corrected chi connectivity index (χ1v) is 11.7. The lowest BCUT2D eigenvalue weighted by Crippen LogP contribution is -2.42. The number of benzene rings is 1. The Labute approximate surface area is 175 Å². The summed E-state index contributed by atoms with van der Waals surface area (Å²) >= 11 is 17.7. The third kappa shape index (κ3) is 4.64. The number of carbonyl (C=O) groups excluding carboxylic acids is 1. The summed E-state index contributed by atoms with van der Waals surface area (Å²) in [4.78, 5) is 15.1. The number of sulfone groups is 1. The van der Waals surface area contributed by atoms with Gasteiger partial charge in [-0.2, -0.15) is 0 Å². The fourth-order valence-electron chi connectivity index (χ4n) is 4.01. The van der Waals surface area contributed by atoms with Crippen LogP contribution in [0.5, 0.6) is 0 Å². The molecule has 0 spiro atoms. The molecule has 1 aromatic carbocycles. The van der Waals surface area contributed by atoms with E-state index in [0.717, 1.165) is 5.56 Å². The molecule has 0 N–H and O–H groups in total. The van der Waals surface area contributed by atoms with Crippen LogP contribution in [0.2, 0.25) is 5.02 Å². The van der Waals surface area contributed by atoms with E-state index in [4.69, 9.17) is 34.8 Å². The molecular formula is C19H22Cl3NO3S. The van der Waals surface area contributed by atoms with Gasteiger partial charge in [0.1, 0.15) is 4.49 Å². The molecule has 1 heterocycles. The van der Waals surface area contributed by atoms with Crippen LogP contribution < -0.4 is 0 Å². The van der Waals surface area contributed by atoms with Gasteiger partial charge >= 0.3 is 0 Å². The van der Waals surface area contributed by atoms with Gasteiger partial charge < -0.3 is 4.90 Å². The summed E-state index contributed by atoms with van der Waals surface area (Å²) in [6.07, 6.45) is 2.16. The average Bonchev–Trinajstić information content (AvgIpc) is 2.88. The van der Waals surface area contributed by atoms with Gasteiger partial charge in [0.05, 0.1) is 17.4 Å². The summed E-state index contributed by atoms with van der Waals surface area (Å²) in [5.41, 5.74) is 0.608. The molecule has 27 heavy (non-hydrogen) atoms. The van der Waals surface area contributed by atoms with Crippen LogP contribution in [0.1, 0.15) is 25.8 Å². The highest BCUT2D eigenvalue weighted by molar-refractivity contribution is 7.91. The summed E-state index contributed by atoms with van der Waals surface area (Å²) in [6, 6.07) is 6.96. The van der Waals surface area contributed by atoms with Crippen molar-refractivity contribution in [2.45, 2.75) is 32.9 Å². The molecule has 0 unspecified atom stereocenters. The Morgan fingerprint density at radius 3 is 2.59 bits per heavy atom. The minimum atomic E-state index is -3.12. The SMILES string of the molecule is CC1(C)[C@H](C=C(Cl)Cl)[C@H]1C(=O)N(Cc1cccc(Cl)c1)[C@@H]1CCS(=O)(=O)C1. The maximum absolute atomic E-state index is 13.4. The first-order valence-electron chi connectivity index (χ1n) is 8.79. The molecule has 1 aliphatic heterocycles. The van der Waals surface area contributed by atoms with Gasteiger partial charge in [-0.15, -0.1) is 0 Å². The monoisotopic (exact) mass is 449 g/mol. The van der Waals surface area contributed by atoms with Crippen molar-refractivity contribution in [1.29, 1.82) is 0 Å². The lowest BCUT2D eigenvalue weighted by Gasteiger charge is -2.29. The molecule has 0 aromatic heterocycles. The molecule has 3 rings (SSSR count). The van der Waals surface area contributed by atoms with Crippen molar-refractivity contribution in [1.82, 2.24) is 4.90 Å². The Morgan fingerprint density at radius 1 is 1.33 bits per heavy atom. The van der Waals surface area contributed by atoms with E-state index in [1.54, 1.807) is 23.1 Å². The second kappa shape index (κ2) is 7.58. The Morgan fingerprint density at radius 2 is 2.04 bits per heavy atom. The number of halogens is 3. The molecule has 1 saturated carbocycles. The van der Waals surface area contributed by atoms with E-state index in [9.17, 15) is 13.2 Å². The van der Waals surface area contributed by atoms with Crippen LogP contribution in [0.15, 0.2) is 34.8 Å². The third-order valence-electron chi connectivity index (χ3n) is 5.66. The summed E-state index contributed by atoms with van der Waals surface area (Å²) in [5, 5.41) is 0.584. The lowest BCUT2D eigenvalue weighted by atomic mass is 10.1. The molecule has 1 saturated heterocycles. The zero-order valence-corrected chi connectivity index (χ0v) is 18.2. The third-order valence-corrected chi connectivity index (χ3v) is 7.89. The Bertz CT molecular complexity index is 878. The summed E-state index contributed by atoms with van der Waals surface area (Å²) in [6.45, 7) is 4.32. The molecule has 3 atom stereocenters. The molecule has 1 aromatic rings. The van der Waals surface area contributed by atoms with E-state index in [1.807, 2.05) is 26.0 Å². The molecular weight excluding hydrogens is 429 g/mol. The van der Waals surface area contributed by atoms with Gasteiger partial charge in [-0.1, -0.05) is 60.8 Å². The number of allylic oxidation sites excluding steroid dienone is 1. The first kappa shape index (κ1) is 21.0. The van der Waals surface area contributed by atoms with E-state index in [-0.39, 0.29) is 45.2 Å². The second-order valence-electron chi connectivity index (χ2n) is 7.93. The maximum atomic E-state index is 13.4. The quantitative estimate of drug-likeness (QED) is 0.666. The highest BCUT2D eigenvalue weighted by atomic mass is 35.5. The van der Waals surface area contributed by atoms with Gasteiger partial charge in [0.25, 0.3) is 0 Å². The highest BCUT2D eigenvalue weighted by Crippen LogP contribution is 2.60. The predicted octanol–water partition coefficient (Wildman–Crippen LogP) is 4.45. The first-order chi connectivity index (χ1) is 12.5. The van der Waals surface area contributed by atoms with Gasteiger partial charge in [-0.3, -0.25) is 4.79 Å². The molecule has 2 aliphatic rings. The van der Waals surface area contributed by atoms with Crippen LogP contribution in [-0.2, 0) is 21.2 Å². The molecule has 148 valence electrons. The van der Waals surface area contributed by atoms with E-state index >= 15 is 0 Å². The summed E-state index contributed by atoms with van der Waals surface area (Å²) < 4.78 is 24.1. The molecule has 8 heteroatoms. The van der Waals surface area contributed by atoms with Crippen LogP contribution in [0.4, 0.5) is 0 Å². The van der Waals surface area contributed by atoms with E-state index < -0.39 is 9.84 Å². The minimum absolute atomic E-state index is 0.00320. The van der Waals surface area contributed by atoms with E-state index in [2.05, 4.69) is 0 Å². The van der Waals surface area contributed by atoms with Gasteiger partial charge in [0, 0.05) is 17.6 Å². The number of carbonyl (C=O) groups is 1. The fourth-order valence-corrected chi connectivity index (χ4v) is 6.23. The van der Waals surface area contributed by atoms with Gasteiger partial charge in [0.2, 0.25) is 5.91 Å². The Hall–Kier alpha value is -0.750. The largest absolute Gasteiger partial charge is 0.334 e. The molecule has 1 amide bonds. The van der Waals surface area contributed by atoms with E-state index in [1.165, 1.54) is 0 Å². The summed E-state index contributed by atoms with van der Waals surface area (Å²) in [7, 11) is -3.12. The number of amides is 1. The van der Waals surface area contributed by atoms with Gasteiger partial charge in [0.15, 0.2) is 9.84 Å². The molecule has 0 bridgehead atoms. The number of rotatable bonds is 5. The minimum Gasteiger partial charge on any atom is -0.334 e. The van der Waals surface area contributed by atoms with Crippen LogP contribution in [0.3, 0.4) is 0 Å². The van der Waals surface area contributed by atoms with E-state index in [0.29, 0.717) is 18.0 Å². The Balaban J connectivity index is 1.88. The average molecular weight is 451 g/mol. The topological polar surface area (TPSA) is 54.5 Å². The van der Waals surface area contributed by atoms with Crippen molar-refractivity contribution in [2.75, 3.05) is 11.5 Å². The summed E-state index contributed by atoms with van der Waals surface area (Å²) in [5.74, 6) is -0.272. The van der Waals surface area contributed by atoms with Crippen molar-refractivity contribution in [3.63, 3.8) is 0 Å². The Kier molecular flexibility index (Phi) is 5.89. The molecule has 1 aliphatic carbocycles. The molecule has 0 radical (unpaired) electrons.